The van der Waals surface area contributed by atoms with Crippen LogP contribution in [-0.2, 0) is 0 Å². The van der Waals surface area contributed by atoms with Crippen molar-refractivity contribution >= 4 is 0 Å². The van der Waals surface area contributed by atoms with Gasteiger partial charge in [0.05, 0.1) is 6.61 Å². The van der Waals surface area contributed by atoms with E-state index in [1.165, 1.54) is 51.7 Å². The molecule has 4 nitrogen and oxygen atoms in total. The van der Waals surface area contributed by atoms with Crippen LogP contribution in [0, 0.1) is 5.92 Å². The molecule has 0 unspecified atom stereocenters. The summed E-state index contributed by atoms with van der Waals surface area (Å²) in [7, 11) is 2.31. The van der Waals surface area contributed by atoms with Crippen molar-refractivity contribution < 1.29 is 4.74 Å². The predicted octanol–water partition coefficient (Wildman–Crippen LogP) is 2.41. The number of likely N-dealkylation sites (N-methyl/N-ethyl adjacent to an activating group) is 1. The molecule has 120 valence electrons. The maximum Gasteiger partial charge on any atom is 0.213 e. The molecule has 3 fully saturated rings. The third kappa shape index (κ3) is 2.63. The smallest absolute Gasteiger partial charge is 0.213 e. The van der Waals surface area contributed by atoms with E-state index in [4.69, 9.17) is 4.74 Å². The summed E-state index contributed by atoms with van der Waals surface area (Å²) in [6.07, 6.45) is 8.60. The van der Waals surface area contributed by atoms with Crippen molar-refractivity contribution in [1.29, 1.82) is 0 Å². The van der Waals surface area contributed by atoms with Crippen molar-refractivity contribution in [2.75, 3.05) is 33.3 Å². The van der Waals surface area contributed by atoms with E-state index in [-0.39, 0.29) is 0 Å². The normalized spacial score (nSPS) is 29.0. The Bertz CT molecular complexity index is 496. The lowest BCUT2D eigenvalue weighted by molar-refractivity contribution is -0.112. The first-order chi connectivity index (χ1) is 10.8. The van der Waals surface area contributed by atoms with Crippen LogP contribution in [0.1, 0.15) is 32.1 Å². The third-order valence-electron chi connectivity index (χ3n) is 6.04. The summed E-state index contributed by atoms with van der Waals surface area (Å²) in [5.74, 6) is 1.43. The van der Waals surface area contributed by atoms with Gasteiger partial charge in [0.25, 0.3) is 0 Å². The molecule has 22 heavy (non-hydrogen) atoms. The monoisotopic (exact) mass is 301 g/mol. The first-order valence-corrected chi connectivity index (χ1v) is 8.74. The zero-order valence-corrected chi connectivity index (χ0v) is 13.6. The summed E-state index contributed by atoms with van der Waals surface area (Å²) in [5.41, 5.74) is 0.423. The maximum atomic E-state index is 5.91. The predicted molar refractivity (Wildman–Crippen MR) is 87.0 cm³/mol. The summed E-state index contributed by atoms with van der Waals surface area (Å²) >= 11 is 0. The van der Waals surface area contributed by atoms with Crippen molar-refractivity contribution in [1.82, 2.24) is 14.8 Å². The molecular formula is C18H27N3O. The Hall–Kier alpha value is -1.13. The van der Waals surface area contributed by atoms with Crippen LogP contribution in [0.15, 0.2) is 24.4 Å². The van der Waals surface area contributed by atoms with Gasteiger partial charge in [-0.05, 0) is 51.3 Å². The van der Waals surface area contributed by atoms with Crippen molar-refractivity contribution in [2.45, 2.75) is 43.7 Å². The molecule has 4 heteroatoms. The van der Waals surface area contributed by atoms with Gasteiger partial charge in [0.2, 0.25) is 5.88 Å². The first kappa shape index (κ1) is 14.5. The Balaban J connectivity index is 1.32. The fraction of sp³-hybridized carbons (Fsp3) is 0.722. The van der Waals surface area contributed by atoms with Crippen LogP contribution in [0.2, 0.25) is 0 Å². The summed E-state index contributed by atoms with van der Waals surface area (Å²) in [4.78, 5) is 9.58. The Morgan fingerprint density at radius 2 is 2.14 bits per heavy atom. The summed E-state index contributed by atoms with van der Waals surface area (Å²) in [6.45, 7) is 4.56. The molecule has 1 aliphatic carbocycles. The van der Waals surface area contributed by atoms with Crippen molar-refractivity contribution in [3.63, 3.8) is 0 Å². The molecule has 1 aromatic heterocycles. The topological polar surface area (TPSA) is 28.6 Å². The van der Waals surface area contributed by atoms with Crippen molar-refractivity contribution in [3.8, 4) is 5.88 Å². The lowest BCUT2D eigenvalue weighted by Gasteiger charge is -2.61. The van der Waals surface area contributed by atoms with Gasteiger partial charge < -0.3 is 4.74 Å². The second kappa shape index (κ2) is 5.82. The van der Waals surface area contributed by atoms with Crippen molar-refractivity contribution in [2.24, 2.45) is 5.92 Å². The van der Waals surface area contributed by atoms with Gasteiger partial charge in [-0.15, -0.1) is 0 Å². The molecule has 1 spiro atoms. The van der Waals surface area contributed by atoms with Crippen LogP contribution in [0.3, 0.4) is 0 Å². The van der Waals surface area contributed by atoms with Gasteiger partial charge in [0, 0.05) is 36.9 Å². The fourth-order valence-corrected chi connectivity index (χ4v) is 4.28. The summed E-state index contributed by atoms with van der Waals surface area (Å²) < 4.78 is 5.91. The molecule has 3 heterocycles. The lowest BCUT2D eigenvalue weighted by Crippen LogP contribution is -2.73. The molecule has 1 aromatic rings. The second-order valence-electron chi connectivity index (χ2n) is 7.47. The van der Waals surface area contributed by atoms with Gasteiger partial charge in [-0.2, -0.15) is 0 Å². The summed E-state index contributed by atoms with van der Waals surface area (Å²) in [5, 5.41) is 0. The molecule has 1 saturated carbocycles. The molecule has 0 aromatic carbocycles. The van der Waals surface area contributed by atoms with Gasteiger partial charge in [-0.3, -0.25) is 9.80 Å². The number of pyridine rings is 1. The average Bonchev–Trinajstić information content (AvgIpc) is 2.45. The van der Waals surface area contributed by atoms with E-state index >= 15 is 0 Å². The number of rotatable bonds is 4. The maximum absolute atomic E-state index is 5.91. The standard InChI is InChI=1S/C18H27N3O/c1-20-10-8-15(12-22-17-7-2-3-9-19-17)11-18(20)13-21(14-18)16-5-4-6-16/h2-3,7,9,15-16H,4-6,8,10-14H2,1H3/t15-/m0/s1. The highest BCUT2D eigenvalue weighted by atomic mass is 16.5. The number of ether oxygens (including phenoxy) is 1. The molecule has 0 radical (unpaired) electrons. The Morgan fingerprint density at radius 3 is 2.82 bits per heavy atom. The van der Waals surface area contributed by atoms with Gasteiger partial charge in [-0.1, -0.05) is 12.5 Å². The number of hydrogen-bond acceptors (Lipinski definition) is 4. The fourth-order valence-electron chi connectivity index (χ4n) is 4.28. The zero-order valence-electron chi connectivity index (χ0n) is 13.6. The van der Waals surface area contributed by atoms with Gasteiger partial charge in [-0.25, -0.2) is 4.98 Å². The van der Waals surface area contributed by atoms with Gasteiger partial charge in [0.1, 0.15) is 0 Å². The number of nitrogens with zero attached hydrogens (tertiary/aromatic N) is 3. The van der Waals surface area contributed by atoms with Crippen LogP contribution in [-0.4, -0.2) is 59.7 Å². The number of piperidine rings is 1. The van der Waals surface area contributed by atoms with Gasteiger partial charge in [0.15, 0.2) is 0 Å². The molecule has 0 amide bonds. The molecule has 4 rings (SSSR count). The number of aromatic nitrogens is 1. The molecular weight excluding hydrogens is 274 g/mol. The first-order valence-electron chi connectivity index (χ1n) is 8.74. The quantitative estimate of drug-likeness (QED) is 0.854. The number of likely N-dealkylation sites (tertiary alicyclic amines) is 2. The zero-order chi connectivity index (χ0) is 15.0. The van der Waals surface area contributed by atoms with Crippen LogP contribution in [0.4, 0.5) is 0 Å². The van der Waals surface area contributed by atoms with Crippen molar-refractivity contribution in [3.05, 3.63) is 24.4 Å². The van der Waals surface area contributed by atoms with E-state index in [1.807, 2.05) is 18.2 Å². The molecule has 0 bridgehead atoms. The van der Waals surface area contributed by atoms with Crippen LogP contribution >= 0.6 is 0 Å². The van der Waals surface area contributed by atoms with E-state index in [1.54, 1.807) is 6.20 Å². The SMILES string of the molecule is CN1CC[C@H](COc2ccccn2)CC12CN(C1CCC1)C2. The minimum atomic E-state index is 0.423. The van der Waals surface area contributed by atoms with E-state index < -0.39 is 0 Å². The van der Waals surface area contributed by atoms with Crippen LogP contribution in [0.25, 0.3) is 0 Å². The molecule has 2 saturated heterocycles. The van der Waals surface area contributed by atoms with E-state index in [9.17, 15) is 0 Å². The molecule has 1 atom stereocenters. The second-order valence-corrected chi connectivity index (χ2v) is 7.47. The van der Waals surface area contributed by atoms with Gasteiger partial charge >= 0.3 is 0 Å². The lowest BCUT2D eigenvalue weighted by atomic mass is 9.73. The van der Waals surface area contributed by atoms with E-state index in [2.05, 4.69) is 21.8 Å². The third-order valence-corrected chi connectivity index (χ3v) is 6.04. The Morgan fingerprint density at radius 1 is 1.27 bits per heavy atom. The highest BCUT2D eigenvalue weighted by molar-refractivity contribution is 5.11. The molecule has 2 aliphatic heterocycles. The van der Waals surface area contributed by atoms with Crippen LogP contribution in [0.5, 0.6) is 5.88 Å². The minimum absolute atomic E-state index is 0.423. The largest absolute Gasteiger partial charge is 0.477 e. The van der Waals surface area contributed by atoms with Crippen LogP contribution < -0.4 is 4.74 Å². The molecule has 3 aliphatic rings. The number of hydrogen-bond donors (Lipinski definition) is 0. The summed E-state index contributed by atoms with van der Waals surface area (Å²) in [6, 6.07) is 6.76. The highest BCUT2D eigenvalue weighted by Gasteiger charge is 2.51. The minimum Gasteiger partial charge on any atom is -0.477 e. The Kier molecular flexibility index (Phi) is 3.82. The Labute approximate surface area is 133 Å². The molecule has 0 N–H and O–H groups in total. The van der Waals surface area contributed by atoms with E-state index in [0.717, 1.165) is 18.5 Å². The average molecular weight is 301 g/mol. The highest BCUT2D eigenvalue weighted by Crippen LogP contribution is 2.42. The van der Waals surface area contributed by atoms with E-state index in [0.29, 0.717) is 11.5 Å².